The van der Waals surface area contributed by atoms with Crippen LogP contribution in [0.1, 0.15) is 119 Å². The normalized spacial score (nSPS) is 8.76. The molecule has 0 aromatic heterocycles. The van der Waals surface area contributed by atoms with E-state index in [1.54, 1.807) is 0 Å². The zero-order chi connectivity index (χ0) is 17.3. The molecule has 1 atom stereocenters. The molecule has 0 aliphatic heterocycles. The third-order valence-electron chi connectivity index (χ3n) is 3.72. The van der Waals surface area contributed by atoms with Crippen LogP contribution in [0, 0.1) is 0 Å². The molecular formula is C30H74O4. The van der Waals surface area contributed by atoms with Crippen molar-refractivity contribution in [2.75, 3.05) is 52.9 Å². The van der Waals surface area contributed by atoms with Crippen LogP contribution in [-0.2, 0) is 18.9 Å². The highest BCUT2D eigenvalue weighted by molar-refractivity contribution is 5.18. The second kappa shape index (κ2) is 49.2. The lowest BCUT2D eigenvalue weighted by Crippen LogP contribution is -2.08. The number of rotatable bonds is 16. The Kier molecular flexibility index (Phi) is 92.6. The minimum absolute atomic E-state index is 0. The van der Waals surface area contributed by atoms with Crippen LogP contribution in [0.15, 0.2) is 30.3 Å². The van der Waals surface area contributed by atoms with Gasteiger partial charge in [0.15, 0.2) is 0 Å². The van der Waals surface area contributed by atoms with Crippen LogP contribution >= 0.6 is 0 Å². The molecule has 1 aromatic carbocycles. The molecule has 0 amide bonds. The van der Waals surface area contributed by atoms with E-state index >= 15 is 0 Å². The van der Waals surface area contributed by atoms with Gasteiger partial charge in [-0.05, 0) is 31.7 Å². The van der Waals surface area contributed by atoms with Gasteiger partial charge < -0.3 is 18.9 Å². The van der Waals surface area contributed by atoms with Gasteiger partial charge in [0.05, 0.1) is 19.8 Å². The van der Waals surface area contributed by atoms with E-state index in [-0.39, 0.29) is 74.3 Å². The zero-order valence-corrected chi connectivity index (χ0v) is 15.4. The minimum atomic E-state index is 0. The maximum Gasteiger partial charge on any atom is 0.0700 e. The first kappa shape index (κ1) is 63.9. The fourth-order valence-corrected chi connectivity index (χ4v) is 2.28. The van der Waals surface area contributed by atoms with Crippen molar-refractivity contribution >= 4 is 0 Å². The molecule has 0 radical (unpaired) electrons. The van der Waals surface area contributed by atoms with E-state index in [1.165, 1.54) is 5.56 Å². The van der Waals surface area contributed by atoms with E-state index in [1.807, 2.05) is 13.0 Å². The highest BCUT2D eigenvalue weighted by Crippen LogP contribution is 2.14. The smallest absolute Gasteiger partial charge is 0.0700 e. The summed E-state index contributed by atoms with van der Waals surface area (Å²) >= 11 is 0. The summed E-state index contributed by atoms with van der Waals surface area (Å²) in [6.07, 6.45) is 3.04. The standard InChI is InChI=1S/C20H34O4.10CH4/c1-3-21-16-17-23-15-9-14-22-12-7-8-13-24-18-19(2)20-10-5-4-6-11-20;;;;;;;;;;/h4-6,10-11,19H,3,7-9,12-18H2,1-2H3;10*1H4. The lowest BCUT2D eigenvalue weighted by Gasteiger charge is -2.12. The molecule has 0 saturated heterocycles. The predicted octanol–water partition coefficient (Wildman–Crippen LogP) is 10.4. The summed E-state index contributed by atoms with van der Waals surface area (Å²) in [4.78, 5) is 0. The molecule has 0 spiro atoms. The van der Waals surface area contributed by atoms with E-state index in [9.17, 15) is 0 Å². The maximum absolute atomic E-state index is 5.75. The average molecular weight is 499 g/mol. The van der Waals surface area contributed by atoms with Crippen molar-refractivity contribution in [3.05, 3.63) is 35.9 Å². The Morgan fingerprint density at radius 3 is 1.44 bits per heavy atom. The first-order valence-corrected chi connectivity index (χ1v) is 9.20. The van der Waals surface area contributed by atoms with Crippen molar-refractivity contribution in [3.63, 3.8) is 0 Å². The number of ether oxygens (including phenoxy) is 4. The van der Waals surface area contributed by atoms with E-state index < -0.39 is 0 Å². The molecule has 0 N–H and O–H groups in total. The van der Waals surface area contributed by atoms with E-state index in [2.05, 4.69) is 31.2 Å². The van der Waals surface area contributed by atoms with Crippen molar-refractivity contribution in [2.45, 2.75) is 113 Å². The Bertz CT molecular complexity index is 371. The quantitative estimate of drug-likeness (QED) is 0.212. The van der Waals surface area contributed by atoms with Crippen LogP contribution in [-0.4, -0.2) is 52.9 Å². The molecule has 4 nitrogen and oxygen atoms in total. The van der Waals surface area contributed by atoms with Crippen molar-refractivity contribution < 1.29 is 18.9 Å². The minimum Gasteiger partial charge on any atom is -0.381 e. The van der Waals surface area contributed by atoms with E-state index in [0.717, 1.165) is 58.9 Å². The lowest BCUT2D eigenvalue weighted by atomic mass is 10.0. The topological polar surface area (TPSA) is 36.9 Å². The molecule has 0 bridgehead atoms. The van der Waals surface area contributed by atoms with Gasteiger partial charge in [-0.1, -0.05) is 112 Å². The van der Waals surface area contributed by atoms with Crippen LogP contribution in [0.2, 0.25) is 0 Å². The number of hydrogen-bond acceptors (Lipinski definition) is 4. The molecule has 218 valence electrons. The highest BCUT2D eigenvalue weighted by atomic mass is 16.5. The van der Waals surface area contributed by atoms with Gasteiger partial charge in [-0.2, -0.15) is 0 Å². The Morgan fingerprint density at radius 2 is 0.941 bits per heavy atom. The maximum atomic E-state index is 5.75. The van der Waals surface area contributed by atoms with E-state index in [4.69, 9.17) is 18.9 Å². The summed E-state index contributed by atoms with van der Waals surface area (Å²) in [5.74, 6) is 0.449. The van der Waals surface area contributed by atoms with E-state index in [0.29, 0.717) is 19.1 Å². The van der Waals surface area contributed by atoms with Crippen LogP contribution in [0.4, 0.5) is 0 Å². The number of hydrogen-bond donors (Lipinski definition) is 0. The Morgan fingerprint density at radius 1 is 0.529 bits per heavy atom. The van der Waals surface area contributed by atoms with Crippen LogP contribution < -0.4 is 0 Å². The predicted molar refractivity (Wildman–Crippen MR) is 165 cm³/mol. The monoisotopic (exact) mass is 499 g/mol. The molecule has 0 fully saturated rings. The largest absolute Gasteiger partial charge is 0.381 e. The molecule has 0 saturated carbocycles. The van der Waals surface area contributed by atoms with Gasteiger partial charge in [0, 0.05) is 39.0 Å². The number of benzene rings is 1. The molecule has 0 heterocycles. The van der Waals surface area contributed by atoms with Crippen molar-refractivity contribution in [1.29, 1.82) is 0 Å². The first-order valence-electron chi connectivity index (χ1n) is 9.20. The number of unbranched alkanes of at least 4 members (excludes halogenated alkanes) is 1. The third kappa shape index (κ3) is 38.3. The summed E-state index contributed by atoms with van der Waals surface area (Å²) < 4.78 is 22.0. The lowest BCUT2D eigenvalue weighted by molar-refractivity contribution is 0.0380. The van der Waals surface area contributed by atoms with Crippen LogP contribution in [0.25, 0.3) is 0 Å². The molecule has 34 heavy (non-hydrogen) atoms. The van der Waals surface area contributed by atoms with Crippen LogP contribution in [0.5, 0.6) is 0 Å². The van der Waals surface area contributed by atoms with Gasteiger partial charge in [0.25, 0.3) is 0 Å². The van der Waals surface area contributed by atoms with Crippen molar-refractivity contribution in [2.24, 2.45) is 0 Å². The molecule has 1 rings (SSSR count). The Hall–Kier alpha value is -0.940. The SMILES string of the molecule is C.C.C.C.C.C.C.C.C.C.CCOCCOCCCOCCCCOCC(C)c1ccccc1. The molecule has 0 aliphatic rings. The molecule has 4 heteroatoms. The molecular weight excluding hydrogens is 424 g/mol. The first-order chi connectivity index (χ1) is 11.8. The molecule has 1 unspecified atom stereocenters. The van der Waals surface area contributed by atoms with Gasteiger partial charge in [0.2, 0.25) is 0 Å². The fourth-order valence-electron chi connectivity index (χ4n) is 2.28. The van der Waals surface area contributed by atoms with Gasteiger partial charge in [-0.25, -0.2) is 0 Å². The third-order valence-corrected chi connectivity index (χ3v) is 3.72. The van der Waals surface area contributed by atoms with Crippen molar-refractivity contribution in [3.8, 4) is 0 Å². The van der Waals surface area contributed by atoms with Gasteiger partial charge >= 0.3 is 0 Å². The van der Waals surface area contributed by atoms with Gasteiger partial charge in [-0.15, -0.1) is 0 Å². The fraction of sp³-hybridized carbons (Fsp3) is 0.800. The second-order valence-corrected chi connectivity index (χ2v) is 5.87. The summed E-state index contributed by atoms with van der Waals surface area (Å²) in [6, 6.07) is 10.5. The molecule has 1 aromatic rings. The van der Waals surface area contributed by atoms with Crippen LogP contribution in [0.3, 0.4) is 0 Å². The van der Waals surface area contributed by atoms with Gasteiger partial charge in [-0.3, -0.25) is 0 Å². The summed E-state index contributed by atoms with van der Waals surface area (Å²) in [7, 11) is 0. The second-order valence-electron chi connectivity index (χ2n) is 5.87. The molecule has 0 aliphatic carbocycles. The zero-order valence-electron chi connectivity index (χ0n) is 15.4. The summed E-state index contributed by atoms with van der Waals surface area (Å²) in [5, 5.41) is 0. The highest BCUT2D eigenvalue weighted by Gasteiger charge is 2.04. The summed E-state index contributed by atoms with van der Waals surface area (Å²) in [6.45, 7) is 10.2. The van der Waals surface area contributed by atoms with Crippen molar-refractivity contribution in [1.82, 2.24) is 0 Å². The average Bonchev–Trinajstić information content (AvgIpc) is 2.62. The Labute approximate surface area is 221 Å². The summed E-state index contributed by atoms with van der Waals surface area (Å²) in [5.41, 5.74) is 1.34. The Balaban J connectivity index is -0.0000000720. The van der Waals surface area contributed by atoms with Gasteiger partial charge in [0.1, 0.15) is 0 Å².